The number of aromatic nitrogens is 4. The number of aryl methyl sites for hydroxylation is 2. The number of unbranched alkanes of at least 4 members (excludes halogenated alkanes) is 2. The van der Waals surface area contributed by atoms with Crippen LogP contribution in [0.3, 0.4) is 0 Å². The van der Waals surface area contributed by atoms with E-state index >= 15 is 0 Å². The maximum absolute atomic E-state index is 3.94. The van der Waals surface area contributed by atoms with Crippen LogP contribution in [0, 0.1) is 0 Å². The van der Waals surface area contributed by atoms with Gasteiger partial charge in [-0.2, -0.15) is 0 Å². The molecule has 4 nitrogen and oxygen atoms in total. The van der Waals surface area contributed by atoms with E-state index in [1.165, 1.54) is 28.1 Å². The van der Waals surface area contributed by atoms with Crippen molar-refractivity contribution >= 4 is 45.2 Å². The molecule has 0 unspecified atom stereocenters. The highest BCUT2D eigenvalue weighted by Gasteiger charge is 1.86. The van der Waals surface area contributed by atoms with Gasteiger partial charge in [0.1, 0.15) is 0 Å². The minimum Gasteiger partial charge on any atom is -0.337 e. The van der Waals surface area contributed by atoms with Gasteiger partial charge in [-0.3, -0.25) is 0 Å². The predicted molar refractivity (Wildman–Crippen MR) is 107 cm³/mol. The molecule has 0 aliphatic rings. The van der Waals surface area contributed by atoms with Crippen LogP contribution < -0.4 is 0 Å². The second-order valence-electron chi connectivity index (χ2n) is 4.41. The molecule has 0 saturated heterocycles. The van der Waals surface area contributed by atoms with Gasteiger partial charge in [-0.1, -0.05) is 71.9 Å². The van der Waals surface area contributed by atoms with E-state index in [2.05, 4.69) is 78.1 Å². The molecule has 0 bridgehead atoms. The maximum Gasteiger partial charge on any atom is 0.0945 e. The first-order chi connectivity index (χ1) is 10.3. The summed E-state index contributed by atoms with van der Waals surface area (Å²) in [6.45, 7) is 6.60. The molecule has 2 aromatic rings. The van der Waals surface area contributed by atoms with Crippen LogP contribution in [0.25, 0.3) is 0 Å². The normalized spacial score (nSPS) is 9.33. The average Bonchev–Trinajstić information content (AvgIpc) is 3.18. The molecule has 2 rings (SSSR count). The zero-order valence-corrected chi connectivity index (χ0v) is 17.3. The fourth-order valence-electron chi connectivity index (χ4n) is 1.52. The van der Waals surface area contributed by atoms with E-state index < -0.39 is 0 Å². The quantitative estimate of drug-likeness (QED) is 0.392. The molecule has 0 amide bonds. The summed E-state index contributed by atoms with van der Waals surface area (Å²) in [7, 11) is 0. The number of halogens is 2. The third-order valence-electron chi connectivity index (χ3n) is 2.66. The molecule has 0 fully saturated rings. The van der Waals surface area contributed by atoms with Crippen LogP contribution in [-0.4, -0.2) is 21.5 Å². The van der Waals surface area contributed by atoms with Gasteiger partial charge in [0.15, 0.2) is 0 Å². The highest BCUT2D eigenvalue weighted by Crippen LogP contribution is 1.93. The van der Waals surface area contributed by atoms with Crippen LogP contribution in [0.1, 0.15) is 39.5 Å². The van der Waals surface area contributed by atoms with Crippen molar-refractivity contribution in [2.24, 2.45) is 0 Å². The molecule has 0 spiro atoms. The van der Waals surface area contributed by atoms with Crippen molar-refractivity contribution in [2.75, 3.05) is 2.43 Å². The van der Waals surface area contributed by atoms with E-state index in [9.17, 15) is 0 Å². The first-order valence-corrected chi connectivity index (χ1v) is 10.4. The lowest BCUT2D eigenvalue weighted by molar-refractivity contribution is 0.631. The van der Waals surface area contributed by atoms with Crippen molar-refractivity contribution in [3.8, 4) is 0 Å². The summed E-state index contributed by atoms with van der Waals surface area (Å²) < 4.78 is 5.39. The fourth-order valence-corrected chi connectivity index (χ4v) is 1.52. The van der Waals surface area contributed by atoms with E-state index in [1.54, 1.807) is 0 Å². The molecule has 2 heterocycles. The van der Waals surface area contributed by atoms with Gasteiger partial charge in [0.25, 0.3) is 0 Å². The summed E-state index contributed by atoms with van der Waals surface area (Å²) in [5.41, 5.74) is 0. The number of hydrogen-bond donors (Lipinski definition) is 0. The Morgan fingerprint density at radius 2 is 1.19 bits per heavy atom. The van der Waals surface area contributed by atoms with Crippen LogP contribution in [0.4, 0.5) is 0 Å². The molecule has 0 N–H and O–H groups in total. The Hall–Kier alpha value is -0.120. The minimum atomic E-state index is 1.11. The van der Waals surface area contributed by atoms with Crippen molar-refractivity contribution in [3.63, 3.8) is 0 Å². The Balaban J connectivity index is 0.000000322. The van der Waals surface area contributed by atoms with Gasteiger partial charge in [-0.15, -0.1) is 0 Å². The SMILES string of the molecule is CCCCn1ccnc1.CCCCn1ccnc1.ICI. The first kappa shape index (κ1) is 20.9. The smallest absolute Gasteiger partial charge is 0.0945 e. The second-order valence-corrected chi connectivity index (χ2v) is 8.85. The van der Waals surface area contributed by atoms with Crippen LogP contribution >= 0.6 is 45.2 Å². The van der Waals surface area contributed by atoms with Gasteiger partial charge >= 0.3 is 0 Å². The Morgan fingerprint density at radius 3 is 1.43 bits per heavy atom. The summed E-state index contributed by atoms with van der Waals surface area (Å²) in [5, 5.41) is 0. The van der Waals surface area contributed by atoms with E-state index in [0.717, 1.165) is 13.1 Å². The van der Waals surface area contributed by atoms with E-state index in [0.29, 0.717) is 0 Å². The molecule has 0 aliphatic heterocycles. The molecule has 0 radical (unpaired) electrons. The Labute approximate surface area is 156 Å². The molecule has 0 aliphatic carbocycles. The molecule has 120 valence electrons. The van der Waals surface area contributed by atoms with Crippen LogP contribution in [0.5, 0.6) is 0 Å². The van der Waals surface area contributed by atoms with Gasteiger partial charge in [0.05, 0.1) is 15.1 Å². The Bertz CT molecular complexity index is 349. The summed E-state index contributed by atoms with van der Waals surface area (Å²) in [6.07, 6.45) is 16.3. The Kier molecular flexibility index (Phi) is 16.2. The molecular formula is C15H26I2N4. The molecule has 0 saturated carbocycles. The second kappa shape index (κ2) is 16.3. The summed E-state index contributed by atoms with van der Waals surface area (Å²) in [4.78, 5) is 7.88. The zero-order chi connectivity index (χ0) is 15.8. The minimum absolute atomic E-state index is 1.11. The molecule has 0 aromatic carbocycles. The maximum atomic E-state index is 3.94. The number of nitrogens with zero attached hydrogens (tertiary/aromatic N) is 4. The highest BCUT2D eigenvalue weighted by molar-refractivity contribution is 14.2. The number of imidazole rings is 2. The number of alkyl halides is 2. The van der Waals surface area contributed by atoms with Gasteiger partial charge in [-0.05, 0) is 12.8 Å². The zero-order valence-electron chi connectivity index (χ0n) is 13.0. The molecule has 21 heavy (non-hydrogen) atoms. The van der Waals surface area contributed by atoms with Gasteiger partial charge in [0, 0.05) is 37.9 Å². The van der Waals surface area contributed by atoms with Crippen LogP contribution in [0.2, 0.25) is 0 Å². The van der Waals surface area contributed by atoms with Crippen LogP contribution in [-0.2, 0) is 13.1 Å². The number of hydrogen-bond acceptors (Lipinski definition) is 2. The lowest BCUT2D eigenvalue weighted by Gasteiger charge is -1.96. The lowest BCUT2D eigenvalue weighted by atomic mass is 10.3. The molecule has 2 aromatic heterocycles. The van der Waals surface area contributed by atoms with Crippen molar-refractivity contribution in [1.82, 2.24) is 19.1 Å². The summed E-state index contributed by atoms with van der Waals surface area (Å²) in [6, 6.07) is 0. The van der Waals surface area contributed by atoms with Crippen molar-refractivity contribution in [1.29, 1.82) is 0 Å². The largest absolute Gasteiger partial charge is 0.337 e. The third-order valence-corrected chi connectivity index (χ3v) is 2.66. The van der Waals surface area contributed by atoms with Crippen molar-refractivity contribution in [2.45, 2.75) is 52.6 Å². The summed E-state index contributed by atoms with van der Waals surface area (Å²) in [5.74, 6) is 0. The number of rotatable bonds is 6. The van der Waals surface area contributed by atoms with Gasteiger partial charge < -0.3 is 9.13 Å². The third kappa shape index (κ3) is 13.3. The van der Waals surface area contributed by atoms with E-state index in [4.69, 9.17) is 0 Å². The molecule has 0 atom stereocenters. The molecule has 6 heteroatoms. The first-order valence-electron chi connectivity index (χ1n) is 7.31. The standard InChI is InChI=1S/2C7H12N2.CH2I2/c2*1-2-3-5-9-6-4-8-7-9;2-1-3/h2*4,6-7H,2-3,5H2,1H3;1H2. The lowest BCUT2D eigenvalue weighted by Crippen LogP contribution is -1.92. The predicted octanol–water partition coefficient (Wildman–Crippen LogP) is 5.18. The average molecular weight is 516 g/mol. The monoisotopic (exact) mass is 516 g/mol. The Morgan fingerprint density at radius 1 is 0.810 bits per heavy atom. The van der Waals surface area contributed by atoms with Crippen molar-refractivity contribution in [3.05, 3.63) is 37.4 Å². The summed E-state index contributed by atoms with van der Waals surface area (Å²) >= 11 is 4.55. The van der Waals surface area contributed by atoms with Crippen LogP contribution in [0.15, 0.2) is 37.4 Å². The van der Waals surface area contributed by atoms with Gasteiger partial charge in [-0.25, -0.2) is 9.97 Å². The van der Waals surface area contributed by atoms with Crippen molar-refractivity contribution < 1.29 is 0 Å². The van der Waals surface area contributed by atoms with E-state index in [1.807, 2.05) is 37.4 Å². The highest BCUT2D eigenvalue weighted by atomic mass is 127. The topological polar surface area (TPSA) is 35.6 Å². The van der Waals surface area contributed by atoms with Gasteiger partial charge in [0.2, 0.25) is 0 Å². The fraction of sp³-hybridized carbons (Fsp3) is 0.600. The molecular weight excluding hydrogens is 490 g/mol. The van der Waals surface area contributed by atoms with E-state index in [-0.39, 0.29) is 0 Å².